The SMILES string of the molecule is Nc1nc(N/N=C/C=C(c2ccccc2)c2ccccc2)nc2c1ncn2[C@@H]1O[C@H](CO)[C@@H](O)[C@H]1O. The van der Waals surface area contributed by atoms with Crippen LogP contribution < -0.4 is 11.2 Å². The van der Waals surface area contributed by atoms with Crippen molar-refractivity contribution in [3.8, 4) is 0 Å². The van der Waals surface area contributed by atoms with E-state index in [-0.39, 0.29) is 17.4 Å². The molecule has 4 aromatic rings. The Morgan fingerprint density at radius 3 is 2.31 bits per heavy atom. The number of allylic oxidation sites excluding steroid dienone is 1. The van der Waals surface area contributed by atoms with Crippen LogP contribution in [0.4, 0.5) is 11.8 Å². The van der Waals surface area contributed by atoms with Gasteiger partial charge in [-0.25, -0.2) is 10.4 Å². The number of hydrogen-bond acceptors (Lipinski definition) is 10. The first-order valence-corrected chi connectivity index (χ1v) is 11.3. The maximum absolute atomic E-state index is 10.4. The Kier molecular flexibility index (Phi) is 6.69. The Balaban J connectivity index is 1.41. The van der Waals surface area contributed by atoms with Crippen molar-refractivity contribution >= 4 is 34.7 Å². The molecule has 3 heterocycles. The maximum atomic E-state index is 10.4. The molecule has 5 rings (SSSR count). The zero-order chi connectivity index (χ0) is 25.1. The van der Waals surface area contributed by atoms with Gasteiger partial charge in [-0.05, 0) is 22.8 Å². The molecule has 0 aliphatic carbocycles. The lowest BCUT2D eigenvalue weighted by Crippen LogP contribution is -2.33. The van der Waals surface area contributed by atoms with E-state index in [0.29, 0.717) is 5.52 Å². The number of anilines is 2. The zero-order valence-electron chi connectivity index (χ0n) is 19.1. The Morgan fingerprint density at radius 2 is 1.69 bits per heavy atom. The van der Waals surface area contributed by atoms with Gasteiger partial charge in [0.25, 0.3) is 0 Å². The molecule has 6 N–H and O–H groups in total. The minimum Gasteiger partial charge on any atom is -0.394 e. The highest BCUT2D eigenvalue weighted by Gasteiger charge is 2.44. The molecule has 0 radical (unpaired) electrons. The van der Waals surface area contributed by atoms with Crippen LogP contribution in [0.5, 0.6) is 0 Å². The summed E-state index contributed by atoms with van der Waals surface area (Å²) in [5, 5.41) is 34.1. The monoisotopic (exact) mass is 487 g/mol. The number of aromatic nitrogens is 4. The van der Waals surface area contributed by atoms with Gasteiger partial charge in [-0.2, -0.15) is 15.1 Å². The predicted molar refractivity (Wildman–Crippen MR) is 135 cm³/mol. The predicted octanol–water partition coefficient (Wildman–Crippen LogP) is 1.55. The van der Waals surface area contributed by atoms with Crippen LogP contribution in [-0.4, -0.2) is 66.0 Å². The van der Waals surface area contributed by atoms with Crippen molar-refractivity contribution in [2.75, 3.05) is 17.8 Å². The fraction of sp³-hybridized carbons (Fsp3) is 0.200. The molecule has 184 valence electrons. The van der Waals surface area contributed by atoms with Gasteiger partial charge >= 0.3 is 0 Å². The maximum Gasteiger partial charge on any atom is 0.247 e. The van der Waals surface area contributed by atoms with Gasteiger partial charge in [0.2, 0.25) is 5.95 Å². The van der Waals surface area contributed by atoms with Crippen LogP contribution >= 0.6 is 0 Å². The summed E-state index contributed by atoms with van der Waals surface area (Å²) in [6.07, 6.45) is 0.385. The highest BCUT2D eigenvalue weighted by molar-refractivity contribution is 5.91. The van der Waals surface area contributed by atoms with E-state index in [9.17, 15) is 15.3 Å². The Labute approximate surface area is 206 Å². The number of hydrazone groups is 1. The number of fused-ring (bicyclic) bond motifs is 1. The molecule has 1 saturated heterocycles. The van der Waals surface area contributed by atoms with E-state index >= 15 is 0 Å². The number of nitrogens with two attached hydrogens (primary N) is 1. The Morgan fingerprint density at radius 1 is 1.03 bits per heavy atom. The number of hydrogen-bond donors (Lipinski definition) is 5. The van der Waals surface area contributed by atoms with Gasteiger partial charge in [-0.1, -0.05) is 60.7 Å². The van der Waals surface area contributed by atoms with Crippen molar-refractivity contribution in [3.63, 3.8) is 0 Å². The first kappa shape index (κ1) is 23.6. The molecule has 11 nitrogen and oxygen atoms in total. The molecule has 4 atom stereocenters. The molecular weight excluding hydrogens is 462 g/mol. The first-order valence-electron chi connectivity index (χ1n) is 11.3. The third-order valence-corrected chi connectivity index (χ3v) is 5.89. The van der Waals surface area contributed by atoms with Crippen molar-refractivity contribution in [2.24, 2.45) is 5.10 Å². The van der Waals surface area contributed by atoms with Crippen molar-refractivity contribution in [3.05, 3.63) is 84.2 Å². The molecule has 0 spiro atoms. The minimum atomic E-state index is -1.29. The number of imidazole rings is 1. The van der Waals surface area contributed by atoms with Crippen molar-refractivity contribution < 1.29 is 20.1 Å². The van der Waals surface area contributed by atoms with E-state index in [2.05, 4.69) is 25.5 Å². The normalized spacial score (nSPS) is 21.8. The molecule has 0 bridgehead atoms. The highest BCUT2D eigenvalue weighted by Crippen LogP contribution is 2.32. The van der Waals surface area contributed by atoms with Crippen LogP contribution in [-0.2, 0) is 4.74 Å². The van der Waals surface area contributed by atoms with E-state index in [4.69, 9.17) is 10.5 Å². The zero-order valence-corrected chi connectivity index (χ0v) is 19.1. The highest BCUT2D eigenvalue weighted by atomic mass is 16.6. The Bertz CT molecular complexity index is 1350. The molecule has 1 fully saturated rings. The van der Waals surface area contributed by atoms with E-state index in [0.717, 1.165) is 16.7 Å². The van der Waals surface area contributed by atoms with Gasteiger partial charge in [0.15, 0.2) is 17.7 Å². The molecule has 1 aliphatic rings. The van der Waals surface area contributed by atoms with Crippen LogP contribution in [0.1, 0.15) is 17.4 Å². The van der Waals surface area contributed by atoms with Gasteiger partial charge in [0.1, 0.15) is 23.8 Å². The van der Waals surface area contributed by atoms with Crippen LogP contribution in [0, 0.1) is 0 Å². The second-order valence-electron chi connectivity index (χ2n) is 8.19. The first-order chi connectivity index (χ1) is 17.6. The largest absolute Gasteiger partial charge is 0.394 e. The number of ether oxygens (including phenoxy) is 1. The number of aliphatic hydroxyl groups excluding tert-OH is 3. The van der Waals surface area contributed by atoms with E-state index in [1.165, 1.54) is 10.9 Å². The number of aliphatic hydroxyl groups is 3. The third kappa shape index (κ3) is 4.55. The van der Waals surface area contributed by atoms with Crippen molar-refractivity contribution in [1.82, 2.24) is 19.5 Å². The lowest BCUT2D eigenvalue weighted by Gasteiger charge is -2.16. The molecule has 0 saturated carbocycles. The van der Waals surface area contributed by atoms with Gasteiger partial charge < -0.3 is 25.8 Å². The lowest BCUT2D eigenvalue weighted by atomic mass is 9.98. The molecule has 2 aromatic heterocycles. The molecule has 11 heteroatoms. The summed E-state index contributed by atoms with van der Waals surface area (Å²) < 4.78 is 7.03. The number of nitrogen functional groups attached to an aromatic ring is 1. The summed E-state index contributed by atoms with van der Waals surface area (Å²) in [5.74, 6) is 0.215. The van der Waals surface area contributed by atoms with E-state index < -0.39 is 31.1 Å². The fourth-order valence-corrected chi connectivity index (χ4v) is 4.09. The quantitative estimate of drug-likeness (QED) is 0.192. The molecule has 2 aromatic carbocycles. The van der Waals surface area contributed by atoms with Crippen LogP contribution in [0.25, 0.3) is 16.7 Å². The molecule has 36 heavy (non-hydrogen) atoms. The minimum absolute atomic E-state index is 0.105. The summed E-state index contributed by atoms with van der Waals surface area (Å²) >= 11 is 0. The number of benzene rings is 2. The molecular formula is C25H25N7O4. The third-order valence-electron chi connectivity index (χ3n) is 5.89. The average Bonchev–Trinajstić information content (AvgIpc) is 3.46. The number of nitrogens with one attached hydrogen (secondary N) is 1. The van der Waals surface area contributed by atoms with E-state index in [1.54, 1.807) is 6.21 Å². The molecule has 0 unspecified atom stereocenters. The fourth-order valence-electron chi connectivity index (χ4n) is 4.09. The molecule has 1 aliphatic heterocycles. The van der Waals surface area contributed by atoms with Gasteiger partial charge in [-0.3, -0.25) is 4.57 Å². The topological polar surface area (TPSA) is 164 Å². The van der Waals surface area contributed by atoms with E-state index in [1.807, 2.05) is 66.7 Å². The van der Waals surface area contributed by atoms with Crippen LogP contribution in [0.2, 0.25) is 0 Å². The van der Waals surface area contributed by atoms with Crippen molar-refractivity contribution in [1.29, 1.82) is 0 Å². The van der Waals surface area contributed by atoms with Crippen LogP contribution in [0.3, 0.4) is 0 Å². The second-order valence-corrected chi connectivity index (χ2v) is 8.19. The van der Waals surface area contributed by atoms with Crippen molar-refractivity contribution in [2.45, 2.75) is 24.5 Å². The summed E-state index contributed by atoms with van der Waals surface area (Å²) in [5.41, 5.74) is 12.5. The summed E-state index contributed by atoms with van der Waals surface area (Å²) in [6.45, 7) is -0.443. The second kappa shape index (κ2) is 10.2. The summed E-state index contributed by atoms with van der Waals surface area (Å²) in [6, 6.07) is 19.9. The van der Waals surface area contributed by atoms with Gasteiger partial charge in [-0.15, -0.1) is 0 Å². The smallest absolute Gasteiger partial charge is 0.247 e. The number of nitrogens with zero attached hydrogens (tertiary/aromatic N) is 5. The standard InChI is InChI=1S/C25H25N7O4/c26-22-19-23(32(14-27-19)24-21(35)20(34)18(13-33)36-24)30-25(29-22)31-28-12-11-17(15-7-3-1-4-8-15)16-9-5-2-6-10-16/h1-12,14,18,20-21,24,33-35H,13H2,(H3,26,29,30,31)/b28-12+/t18-,20-,21-,24-/m1/s1. The van der Waals surface area contributed by atoms with Gasteiger partial charge in [0, 0.05) is 6.21 Å². The van der Waals surface area contributed by atoms with Gasteiger partial charge in [0.05, 0.1) is 12.9 Å². The van der Waals surface area contributed by atoms with Crippen LogP contribution in [0.15, 0.2) is 78.2 Å². The lowest BCUT2D eigenvalue weighted by molar-refractivity contribution is -0.0511. The average molecular weight is 488 g/mol. The molecule has 0 amide bonds. The summed E-state index contributed by atoms with van der Waals surface area (Å²) in [7, 11) is 0. The Hall–Kier alpha value is -4.16. The summed E-state index contributed by atoms with van der Waals surface area (Å²) in [4.78, 5) is 12.8. The number of rotatable bonds is 7.